The number of hydrogen-bond acceptors (Lipinski definition) is 5. The molecule has 42 heavy (non-hydrogen) atoms. The average Bonchev–Trinajstić information content (AvgIpc) is 3.25. The summed E-state index contributed by atoms with van der Waals surface area (Å²) in [6, 6.07) is 17.1. The summed E-state index contributed by atoms with van der Waals surface area (Å²) in [6.45, 7) is 27.8. The van der Waals surface area contributed by atoms with Crippen LogP contribution in [0.3, 0.4) is 0 Å². The molecule has 0 aliphatic carbocycles. The summed E-state index contributed by atoms with van der Waals surface area (Å²) >= 11 is 0. The van der Waals surface area contributed by atoms with Crippen molar-refractivity contribution in [1.29, 1.82) is 0 Å². The first-order valence-corrected chi connectivity index (χ1v) is 15.4. The molecule has 0 bridgehead atoms. The minimum Gasteiger partial charge on any atom is -0.399 e. The lowest BCUT2D eigenvalue weighted by atomic mass is 9.79. The van der Waals surface area contributed by atoms with Crippen molar-refractivity contribution in [2.75, 3.05) is 4.90 Å². The third-order valence-corrected chi connectivity index (χ3v) is 9.71. The maximum Gasteiger partial charge on any atom is 0.494 e. The largest absolute Gasteiger partial charge is 0.494 e. The van der Waals surface area contributed by atoms with Gasteiger partial charge < -0.3 is 23.5 Å². The van der Waals surface area contributed by atoms with Crippen molar-refractivity contribution in [3.63, 3.8) is 0 Å². The van der Waals surface area contributed by atoms with Crippen molar-refractivity contribution in [1.82, 2.24) is 0 Å². The first kappa shape index (κ1) is 32.6. The molecular formula is C35H51B2NO4. The first-order valence-electron chi connectivity index (χ1n) is 15.4. The smallest absolute Gasteiger partial charge is 0.399 e. The Hall–Kier alpha value is -2.31. The van der Waals surface area contributed by atoms with Crippen LogP contribution in [0.4, 0.5) is 11.4 Å². The van der Waals surface area contributed by atoms with Crippen molar-refractivity contribution in [3.8, 4) is 0 Å². The second-order valence-corrected chi connectivity index (χ2v) is 14.8. The molecule has 0 atom stereocenters. The third-order valence-electron chi connectivity index (χ3n) is 9.71. The van der Waals surface area contributed by atoms with Gasteiger partial charge in [-0.25, -0.2) is 0 Å². The van der Waals surface area contributed by atoms with Gasteiger partial charge in [0, 0.05) is 17.1 Å². The van der Waals surface area contributed by atoms with Gasteiger partial charge in [0.2, 0.25) is 0 Å². The van der Waals surface area contributed by atoms with E-state index in [1.807, 2.05) is 0 Å². The van der Waals surface area contributed by atoms with E-state index < -0.39 is 14.2 Å². The molecule has 2 fully saturated rings. The van der Waals surface area contributed by atoms with Crippen LogP contribution in [-0.4, -0.2) is 36.6 Å². The number of benzene rings is 2. The van der Waals surface area contributed by atoms with Crippen LogP contribution in [0.5, 0.6) is 0 Å². The zero-order valence-corrected chi connectivity index (χ0v) is 28.2. The van der Waals surface area contributed by atoms with E-state index in [0.717, 1.165) is 28.7 Å². The van der Waals surface area contributed by atoms with Crippen LogP contribution >= 0.6 is 0 Å². The molecule has 2 aliphatic rings. The molecule has 2 saturated heterocycles. The highest BCUT2D eigenvalue weighted by Gasteiger charge is 2.52. The molecule has 2 aromatic carbocycles. The van der Waals surface area contributed by atoms with Gasteiger partial charge in [0.1, 0.15) is 0 Å². The fourth-order valence-electron chi connectivity index (χ4n) is 4.82. The van der Waals surface area contributed by atoms with Gasteiger partial charge in [-0.2, -0.15) is 0 Å². The summed E-state index contributed by atoms with van der Waals surface area (Å²) in [4.78, 5) is 2.33. The fraction of sp³-hybridized carbons (Fsp3) is 0.543. The molecule has 0 saturated carbocycles. The summed E-state index contributed by atoms with van der Waals surface area (Å²) < 4.78 is 25.3. The highest BCUT2D eigenvalue weighted by atomic mass is 16.7. The molecule has 226 valence electrons. The van der Waals surface area contributed by atoms with Crippen LogP contribution in [0.2, 0.25) is 0 Å². The molecule has 0 amide bonds. The summed E-state index contributed by atoms with van der Waals surface area (Å²) in [7, 11) is -0.787. The van der Waals surface area contributed by atoms with Crippen LogP contribution < -0.4 is 15.8 Å². The van der Waals surface area contributed by atoms with Crippen LogP contribution in [0.15, 0.2) is 72.0 Å². The van der Waals surface area contributed by atoms with E-state index in [1.165, 1.54) is 11.3 Å². The third kappa shape index (κ3) is 6.45. The molecule has 4 rings (SSSR count). The van der Waals surface area contributed by atoms with Gasteiger partial charge in [0.05, 0.1) is 22.4 Å². The maximum absolute atomic E-state index is 6.31. The second-order valence-electron chi connectivity index (χ2n) is 14.8. The molecule has 5 nitrogen and oxygen atoms in total. The van der Waals surface area contributed by atoms with Crippen molar-refractivity contribution in [2.45, 2.75) is 119 Å². The zero-order chi connectivity index (χ0) is 31.3. The molecule has 2 aromatic rings. The maximum atomic E-state index is 6.31. The van der Waals surface area contributed by atoms with Gasteiger partial charge >= 0.3 is 14.2 Å². The van der Waals surface area contributed by atoms with Crippen LogP contribution in [0, 0.1) is 5.41 Å². The Morgan fingerprint density at radius 2 is 0.976 bits per heavy atom. The van der Waals surface area contributed by atoms with Crippen molar-refractivity contribution < 1.29 is 18.6 Å². The Balaban J connectivity index is 1.70. The average molecular weight is 571 g/mol. The Labute approximate surface area is 255 Å². The van der Waals surface area contributed by atoms with Crippen molar-refractivity contribution >= 4 is 36.5 Å². The van der Waals surface area contributed by atoms with Crippen LogP contribution in [-0.2, 0) is 18.6 Å². The van der Waals surface area contributed by atoms with Crippen molar-refractivity contribution in [3.05, 3.63) is 72.0 Å². The minimum absolute atomic E-state index is 0.106. The SMILES string of the molecule is CCC(=CC=C(C)C(C)(C)C)N(c1ccc(B2OC(C)(C)C(C)(C)O2)cc1)c1ccc(B2OC(C)(C)C(C)(C)O2)cc1. The molecule has 0 N–H and O–H groups in total. The van der Waals surface area contributed by atoms with E-state index in [9.17, 15) is 0 Å². The summed E-state index contributed by atoms with van der Waals surface area (Å²) in [5, 5.41) is 0. The van der Waals surface area contributed by atoms with E-state index in [1.54, 1.807) is 0 Å². The van der Waals surface area contributed by atoms with E-state index in [-0.39, 0.29) is 27.8 Å². The molecule has 2 heterocycles. The minimum atomic E-state index is -0.393. The van der Waals surface area contributed by atoms with Gasteiger partial charge in [0.25, 0.3) is 0 Å². The molecule has 0 spiro atoms. The number of hydrogen-bond donors (Lipinski definition) is 0. The molecule has 7 heteroatoms. The van der Waals surface area contributed by atoms with E-state index >= 15 is 0 Å². The van der Waals surface area contributed by atoms with Gasteiger partial charge in [0.15, 0.2) is 0 Å². The topological polar surface area (TPSA) is 40.2 Å². The predicted molar refractivity (Wildman–Crippen MR) is 178 cm³/mol. The Bertz CT molecular complexity index is 1210. The van der Waals surface area contributed by atoms with Gasteiger partial charge in [-0.15, -0.1) is 0 Å². The zero-order valence-electron chi connectivity index (χ0n) is 28.2. The Morgan fingerprint density at radius 3 is 1.26 bits per heavy atom. The van der Waals surface area contributed by atoms with Gasteiger partial charge in [-0.05, 0) is 115 Å². The lowest BCUT2D eigenvalue weighted by molar-refractivity contribution is 0.00578. The highest BCUT2D eigenvalue weighted by Crippen LogP contribution is 2.38. The van der Waals surface area contributed by atoms with Crippen molar-refractivity contribution in [2.24, 2.45) is 5.41 Å². The highest BCUT2D eigenvalue weighted by molar-refractivity contribution is 6.62. The Morgan fingerprint density at radius 1 is 0.643 bits per heavy atom. The lowest BCUT2D eigenvalue weighted by Gasteiger charge is -2.32. The second kappa shape index (κ2) is 11.3. The summed E-state index contributed by atoms with van der Waals surface area (Å²) in [5.41, 5.74) is 5.31. The summed E-state index contributed by atoms with van der Waals surface area (Å²) in [5.74, 6) is 0. The van der Waals surface area contributed by atoms with E-state index in [2.05, 4.69) is 156 Å². The van der Waals surface area contributed by atoms with Gasteiger partial charge in [-0.3, -0.25) is 0 Å². The molecule has 0 aromatic heterocycles. The Kier molecular flexibility index (Phi) is 8.78. The normalized spacial score (nSPS) is 21.6. The fourth-order valence-corrected chi connectivity index (χ4v) is 4.82. The monoisotopic (exact) mass is 571 g/mol. The number of rotatable bonds is 7. The quantitative estimate of drug-likeness (QED) is 0.252. The molecule has 0 radical (unpaired) electrons. The van der Waals surface area contributed by atoms with E-state index in [0.29, 0.717) is 0 Å². The number of nitrogens with zero attached hydrogens (tertiary/aromatic N) is 1. The van der Waals surface area contributed by atoms with Gasteiger partial charge in [-0.1, -0.05) is 63.6 Å². The standard InChI is InChI=1S/C35H51B2NO4/c1-14-28(20-15-25(2)31(3,4)5)38(29-21-16-26(17-22-29)36-39-32(6,7)33(8,9)40-36)30-23-18-27(19-24-30)37-41-34(10,11)35(12,13)42-37/h15-24H,14H2,1-13H3. The lowest BCUT2D eigenvalue weighted by Crippen LogP contribution is -2.41. The van der Waals surface area contributed by atoms with E-state index in [4.69, 9.17) is 18.6 Å². The molecule has 0 unspecified atom stereocenters. The number of allylic oxidation sites excluding steroid dienone is 4. The summed E-state index contributed by atoms with van der Waals surface area (Å²) in [6.07, 6.45) is 5.38. The predicted octanol–water partition coefficient (Wildman–Crippen LogP) is 7.71. The first-order chi connectivity index (χ1) is 19.3. The molecular weight excluding hydrogens is 520 g/mol. The van der Waals surface area contributed by atoms with Crippen LogP contribution in [0.25, 0.3) is 0 Å². The number of anilines is 2. The van der Waals surface area contributed by atoms with Crippen LogP contribution in [0.1, 0.15) is 96.4 Å². The molecule has 2 aliphatic heterocycles.